The number of carbonyl (C=O) groups is 3. The minimum Gasteiger partial charge on any atom is -0.465 e. The first-order chi connectivity index (χ1) is 13.3. The third kappa shape index (κ3) is 6.07. The maximum Gasteiger partial charge on any atom is 0.337 e. The Balaban J connectivity index is 1.91. The Labute approximate surface area is 168 Å². The third-order valence-corrected chi connectivity index (χ3v) is 4.33. The lowest BCUT2D eigenvalue weighted by Gasteiger charge is -2.15. The number of aryl methyl sites for hydroxylation is 1. The van der Waals surface area contributed by atoms with Crippen LogP contribution in [0.5, 0.6) is 0 Å². The molecular formula is C20H23ClN3O4+. The van der Waals surface area contributed by atoms with Crippen LogP contribution in [-0.4, -0.2) is 45.0 Å². The molecule has 7 nitrogen and oxygen atoms in total. The van der Waals surface area contributed by atoms with Gasteiger partial charge < -0.3 is 20.3 Å². The van der Waals surface area contributed by atoms with E-state index in [-0.39, 0.29) is 24.9 Å². The van der Waals surface area contributed by atoms with Crippen molar-refractivity contribution in [2.75, 3.05) is 37.9 Å². The molecule has 0 heterocycles. The lowest BCUT2D eigenvalue weighted by atomic mass is 10.1. The monoisotopic (exact) mass is 404 g/mol. The quantitative estimate of drug-likeness (QED) is 0.610. The number of hydrogen-bond donors (Lipinski definition) is 3. The number of amides is 2. The van der Waals surface area contributed by atoms with Crippen molar-refractivity contribution in [1.82, 2.24) is 0 Å². The Kier molecular flexibility index (Phi) is 7.54. The SMILES string of the molecule is COC(=O)c1ccc(C)c(NC(=O)C[NH+](C)CC(=O)Nc2ccccc2Cl)c1. The fourth-order valence-electron chi connectivity index (χ4n) is 2.56. The molecule has 0 saturated carbocycles. The summed E-state index contributed by atoms with van der Waals surface area (Å²) in [5.41, 5.74) is 2.22. The van der Waals surface area contributed by atoms with E-state index in [4.69, 9.17) is 16.3 Å². The normalized spacial score (nSPS) is 11.4. The lowest BCUT2D eigenvalue weighted by molar-refractivity contribution is -0.862. The molecule has 1 unspecified atom stereocenters. The van der Waals surface area contributed by atoms with Gasteiger partial charge in [-0.1, -0.05) is 29.8 Å². The van der Waals surface area contributed by atoms with Gasteiger partial charge >= 0.3 is 5.97 Å². The molecule has 0 aliphatic carbocycles. The molecule has 0 spiro atoms. The van der Waals surface area contributed by atoms with E-state index in [0.717, 1.165) is 5.56 Å². The minimum absolute atomic E-state index is 0.0812. The fraction of sp³-hybridized carbons (Fsp3) is 0.250. The number of benzene rings is 2. The molecule has 28 heavy (non-hydrogen) atoms. The van der Waals surface area contributed by atoms with Crippen molar-refractivity contribution in [3.8, 4) is 0 Å². The van der Waals surface area contributed by atoms with E-state index in [0.29, 0.717) is 26.9 Å². The second kappa shape index (κ2) is 9.87. The number of rotatable bonds is 7. The Morgan fingerprint density at radius 3 is 2.21 bits per heavy atom. The summed E-state index contributed by atoms with van der Waals surface area (Å²) in [7, 11) is 3.04. The highest BCUT2D eigenvalue weighted by Crippen LogP contribution is 2.20. The molecule has 0 saturated heterocycles. The van der Waals surface area contributed by atoms with E-state index in [1.54, 1.807) is 49.5 Å². The highest BCUT2D eigenvalue weighted by atomic mass is 35.5. The lowest BCUT2D eigenvalue weighted by Crippen LogP contribution is -3.11. The van der Waals surface area contributed by atoms with Gasteiger partial charge in [-0.05, 0) is 36.8 Å². The van der Waals surface area contributed by atoms with Crippen LogP contribution in [0.25, 0.3) is 0 Å². The number of carbonyl (C=O) groups excluding carboxylic acids is 3. The van der Waals surface area contributed by atoms with Crippen LogP contribution in [0.15, 0.2) is 42.5 Å². The van der Waals surface area contributed by atoms with Crippen LogP contribution < -0.4 is 15.5 Å². The molecule has 0 bridgehead atoms. The first kappa shape index (κ1) is 21.4. The molecule has 0 aliphatic heterocycles. The number of quaternary nitrogens is 1. The topological polar surface area (TPSA) is 88.9 Å². The molecule has 148 valence electrons. The van der Waals surface area contributed by atoms with Crippen LogP contribution in [0.1, 0.15) is 15.9 Å². The standard InChI is InChI=1S/C20H22ClN3O4/c1-13-8-9-14(20(27)28-3)10-17(13)23-19(26)12-24(2)11-18(25)22-16-7-5-4-6-15(16)21/h4-10H,11-12H2,1-3H3,(H,22,25)(H,23,26)/p+1. The number of halogens is 1. The van der Waals surface area contributed by atoms with Gasteiger partial charge in [-0.25, -0.2) is 4.79 Å². The summed E-state index contributed by atoms with van der Waals surface area (Å²) in [6.45, 7) is 2.00. The van der Waals surface area contributed by atoms with Crippen molar-refractivity contribution in [2.45, 2.75) is 6.92 Å². The maximum atomic E-state index is 12.3. The van der Waals surface area contributed by atoms with Crippen molar-refractivity contribution in [3.05, 3.63) is 58.6 Å². The maximum absolute atomic E-state index is 12.3. The number of nitrogens with one attached hydrogen (secondary N) is 3. The Bertz CT molecular complexity index is 886. The largest absolute Gasteiger partial charge is 0.465 e. The molecule has 8 heteroatoms. The zero-order valence-corrected chi connectivity index (χ0v) is 16.7. The van der Waals surface area contributed by atoms with E-state index >= 15 is 0 Å². The summed E-state index contributed by atoms with van der Waals surface area (Å²) in [6, 6.07) is 11.9. The highest BCUT2D eigenvalue weighted by molar-refractivity contribution is 6.33. The Morgan fingerprint density at radius 2 is 1.61 bits per heavy atom. The van der Waals surface area contributed by atoms with Crippen LogP contribution in [0.4, 0.5) is 11.4 Å². The van der Waals surface area contributed by atoms with Gasteiger partial charge in [-0.3, -0.25) is 9.59 Å². The number of methoxy groups -OCH3 is 1. The number of esters is 1. The van der Waals surface area contributed by atoms with Gasteiger partial charge in [0.15, 0.2) is 13.1 Å². The van der Waals surface area contributed by atoms with Crippen LogP contribution in [-0.2, 0) is 14.3 Å². The summed E-state index contributed by atoms with van der Waals surface area (Å²) in [5, 5.41) is 5.95. The molecule has 0 fully saturated rings. The predicted molar refractivity (Wildman–Crippen MR) is 108 cm³/mol. The summed E-state index contributed by atoms with van der Waals surface area (Å²) in [4.78, 5) is 36.8. The third-order valence-electron chi connectivity index (χ3n) is 4.01. The molecule has 2 rings (SSSR count). The Hall–Kier alpha value is -2.90. The molecule has 2 aromatic carbocycles. The predicted octanol–water partition coefficient (Wildman–Crippen LogP) is 1.53. The second-order valence-electron chi connectivity index (χ2n) is 6.41. The molecule has 1 atom stereocenters. The van der Waals surface area contributed by atoms with E-state index < -0.39 is 5.97 Å². The van der Waals surface area contributed by atoms with Gasteiger partial charge in [0.2, 0.25) is 0 Å². The number of anilines is 2. The summed E-state index contributed by atoms with van der Waals surface area (Å²) in [5.74, 6) is -0.995. The van der Waals surface area contributed by atoms with Gasteiger partial charge in [-0.2, -0.15) is 0 Å². The van der Waals surface area contributed by atoms with Crippen LogP contribution in [0.2, 0.25) is 5.02 Å². The molecule has 2 aromatic rings. The minimum atomic E-state index is -0.477. The van der Waals surface area contributed by atoms with E-state index in [2.05, 4.69) is 10.6 Å². The number of hydrogen-bond acceptors (Lipinski definition) is 4. The molecule has 0 aliphatic rings. The van der Waals surface area contributed by atoms with Gasteiger partial charge in [0.05, 0.1) is 30.4 Å². The van der Waals surface area contributed by atoms with Crippen LogP contribution in [0, 0.1) is 6.92 Å². The second-order valence-corrected chi connectivity index (χ2v) is 6.82. The highest BCUT2D eigenvalue weighted by Gasteiger charge is 2.16. The molecule has 0 aromatic heterocycles. The van der Waals surface area contributed by atoms with Crippen molar-refractivity contribution in [3.63, 3.8) is 0 Å². The van der Waals surface area contributed by atoms with Crippen molar-refractivity contribution in [2.24, 2.45) is 0 Å². The van der Waals surface area contributed by atoms with E-state index in [1.165, 1.54) is 7.11 Å². The first-order valence-electron chi connectivity index (χ1n) is 8.64. The zero-order valence-electron chi connectivity index (χ0n) is 16.0. The van der Waals surface area contributed by atoms with Gasteiger partial charge in [0.1, 0.15) is 0 Å². The Morgan fingerprint density at radius 1 is 1.00 bits per heavy atom. The van der Waals surface area contributed by atoms with Gasteiger partial charge in [0.25, 0.3) is 11.8 Å². The smallest absolute Gasteiger partial charge is 0.337 e. The van der Waals surface area contributed by atoms with Crippen molar-refractivity contribution in [1.29, 1.82) is 0 Å². The number of likely N-dealkylation sites (N-methyl/N-ethyl adjacent to an activating group) is 1. The van der Waals surface area contributed by atoms with E-state index in [1.807, 2.05) is 6.92 Å². The fourth-order valence-corrected chi connectivity index (χ4v) is 2.75. The van der Waals surface area contributed by atoms with Crippen LogP contribution in [0.3, 0.4) is 0 Å². The average Bonchev–Trinajstić information content (AvgIpc) is 2.64. The van der Waals surface area contributed by atoms with Crippen molar-refractivity contribution >= 4 is 40.8 Å². The zero-order chi connectivity index (χ0) is 20.7. The number of para-hydroxylation sites is 1. The summed E-state index contributed by atoms with van der Waals surface area (Å²) >= 11 is 6.02. The van der Waals surface area contributed by atoms with Gasteiger partial charge in [0, 0.05) is 5.69 Å². The first-order valence-corrected chi connectivity index (χ1v) is 9.02. The van der Waals surface area contributed by atoms with Gasteiger partial charge in [-0.15, -0.1) is 0 Å². The molecule has 3 N–H and O–H groups in total. The summed E-state index contributed by atoms with van der Waals surface area (Å²) in [6.07, 6.45) is 0. The molecule has 0 radical (unpaired) electrons. The van der Waals surface area contributed by atoms with Crippen LogP contribution >= 0.6 is 11.6 Å². The van der Waals surface area contributed by atoms with E-state index in [9.17, 15) is 14.4 Å². The molecule has 2 amide bonds. The average molecular weight is 405 g/mol. The number of ether oxygens (including phenoxy) is 1. The summed E-state index contributed by atoms with van der Waals surface area (Å²) < 4.78 is 4.69. The van der Waals surface area contributed by atoms with Crippen molar-refractivity contribution < 1.29 is 24.0 Å². The molecular weight excluding hydrogens is 382 g/mol.